The zero-order chi connectivity index (χ0) is 18.0. The average Bonchev–Trinajstić information content (AvgIpc) is 2.97. The Kier molecular flexibility index (Phi) is 4.79. The number of nitrogens with zero attached hydrogens (tertiary/aromatic N) is 2. The van der Waals surface area contributed by atoms with E-state index in [0.717, 1.165) is 5.56 Å². The highest BCUT2D eigenvalue weighted by atomic mass is 35.5. The minimum Gasteiger partial charge on any atom is -0.321 e. The van der Waals surface area contributed by atoms with Crippen molar-refractivity contribution >= 4 is 34.5 Å². The lowest BCUT2D eigenvalue weighted by molar-refractivity contribution is 0.103. The van der Waals surface area contributed by atoms with Gasteiger partial charge in [-0.1, -0.05) is 11.6 Å². The van der Waals surface area contributed by atoms with Crippen molar-refractivity contribution in [3.63, 3.8) is 0 Å². The lowest BCUT2D eigenvalue weighted by Crippen LogP contribution is -2.11. The van der Waals surface area contributed by atoms with E-state index in [1.54, 1.807) is 31.2 Å². The highest BCUT2D eigenvalue weighted by molar-refractivity contribution is 7.17. The van der Waals surface area contributed by atoms with Crippen molar-refractivity contribution in [2.75, 3.05) is 5.32 Å². The minimum atomic E-state index is -0.326. The molecule has 1 aromatic heterocycles. The van der Waals surface area contributed by atoms with E-state index < -0.39 is 0 Å². The molecule has 0 fully saturated rings. The first-order valence-electron chi connectivity index (χ1n) is 7.22. The van der Waals surface area contributed by atoms with Crippen molar-refractivity contribution in [2.24, 2.45) is 0 Å². The molecule has 25 heavy (non-hydrogen) atoms. The number of hydrogen-bond donors (Lipinski definition) is 1. The number of nitriles is 1. The van der Waals surface area contributed by atoms with Crippen molar-refractivity contribution in [1.29, 1.82) is 5.26 Å². The van der Waals surface area contributed by atoms with Crippen LogP contribution < -0.4 is 5.32 Å². The molecule has 3 aromatic rings. The molecule has 0 aliphatic heterocycles. The van der Waals surface area contributed by atoms with Crippen LogP contribution in [-0.4, -0.2) is 10.9 Å². The summed E-state index contributed by atoms with van der Waals surface area (Å²) in [4.78, 5) is 17.3. The standard InChI is InChI=1S/C18H11ClFN3OS/c1-10-16(25-18(22-10)11-2-5-13(20)6-3-11)17(24)23-14-7-4-12(9-21)15(19)8-14/h2-8H,1H3,(H,23,24). The Balaban J connectivity index is 1.84. The van der Waals surface area contributed by atoms with E-state index in [2.05, 4.69) is 10.3 Å². The van der Waals surface area contributed by atoms with Crippen molar-refractivity contribution < 1.29 is 9.18 Å². The molecule has 0 radical (unpaired) electrons. The summed E-state index contributed by atoms with van der Waals surface area (Å²) in [5.41, 5.74) is 2.16. The summed E-state index contributed by atoms with van der Waals surface area (Å²) >= 11 is 7.20. The fraction of sp³-hybridized carbons (Fsp3) is 0.0556. The highest BCUT2D eigenvalue weighted by Crippen LogP contribution is 2.29. The zero-order valence-electron chi connectivity index (χ0n) is 13.0. The normalized spacial score (nSPS) is 10.3. The number of thiazole rings is 1. The second kappa shape index (κ2) is 7.01. The number of aryl methyl sites for hydroxylation is 1. The van der Waals surface area contributed by atoms with Crippen LogP contribution in [-0.2, 0) is 0 Å². The van der Waals surface area contributed by atoms with E-state index in [-0.39, 0.29) is 16.7 Å². The first kappa shape index (κ1) is 17.1. The van der Waals surface area contributed by atoms with Gasteiger partial charge in [-0.15, -0.1) is 11.3 Å². The van der Waals surface area contributed by atoms with Gasteiger partial charge in [0.2, 0.25) is 0 Å². The van der Waals surface area contributed by atoms with E-state index in [0.29, 0.717) is 26.8 Å². The van der Waals surface area contributed by atoms with E-state index in [1.165, 1.54) is 29.5 Å². The summed E-state index contributed by atoms with van der Waals surface area (Å²) in [6.45, 7) is 1.74. The highest BCUT2D eigenvalue weighted by Gasteiger charge is 2.17. The SMILES string of the molecule is Cc1nc(-c2ccc(F)cc2)sc1C(=O)Nc1ccc(C#N)c(Cl)c1. The molecule has 1 N–H and O–H groups in total. The molecule has 0 saturated carbocycles. The molecule has 4 nitrogen and oxygen atoms in total. The molecule has 0 atom stereocenters. The fourth-order valence-electron chi connectivity index (χ4n) is 2.19. The van der Waals surface area contributed by atoms with E-state index in [1.807, 2.05) is 6.07 Å². The van der Waals surface area contributed by atoms with Gasteiger partial charge in [-0.3, -0.25) is 4.79 Å². The van der Waals surface area contributed by atoms with Crippen molar-refractivity contribution in [1.82, 2.24) is 4.98 Å². The average molecular weight is 372 g/mol. The summed E-state index contributed by atoms with van der Waals surface area (Å²) < 4.78 is 13.0. The number of hydrogen-bond acceptors (Lipinski definition) is 4. The Labute approximate surface area is 152 Å². The molecule has 0 aliphatic rings. The number of rotatable bonds is 3. The van der Waals surface area contributed by atoms with Gasteiger partial charge in [0.15, 0.2) is 0 Å². The Morgan fingerprint density at radius 1 is 1.28 bits per heavy atom. The predicted molar refractivity (Wildman–Crippen MR) is 96.4 cm³/mol. The molecule has 3 rings (SSSR count). The van der Waals surface area contributed by atoms with Gasteiger partial charge in [0, 0.05) is 11.3 Å². The van der Waals surface area contributed by atoms with Gasteiger partial charge in [-0.25, -0.2) is 9.37 Å². The van der Waals surface area contributed by atoms with Gasteiger partial charge in [0.25, 0.3) is 5.91 Å². The summed E-state index contributed by atoms with van der Waals surface area (Å²) in [6.07, 6.45) is 0. The molecular formula is C18H11ClFN3OS. The van der Waals surface area contributed by atoms with Crippen molar-refractivity contribution in [2.45, 2.75) is 6.92 Å². The molecule has 0 unspecified atom stereocenters. The summed E-state index contributed by atoms with van der Waals surface area (Å²) in [6, 6.07) is 12.6. The van der Waals surface area contributed by atoms with Crippen LogP contribution in [0.2, 0.25) is 5.02 Å². The van der Waals surface area contributed by atoms with Crippen molar-refractivity contribution in [3.05, 3.63) is 69.4 Å². The smallest absolute Gasteiger partial charge is 0.267 e. The van der Waals surface area contributed by atoms with E-state index >= 15 is 0 Å². The van der Waals surface area contributed by atoms with E-state index in [9.17, 15) is 9.18 Å². The molecule has 2 aromatic carbocycles. The van der Waals surface area contributed by atoms with Crippen LogP contribution in [0.15, 0.2) is 42.5 Å². The van der Waals surface area contributed by atoms with Crippen LogP contribution in [0, 0.1) is 24.1 Å². The Bertz CT molecular complexity index is 993. The molecule has 1 heterocycles. The van der Waals surface area contributed by atoms with Crippen LogP contribution in [0.4, 0.5) is 10.1 Å². The zero-order valence-corrected chi connectivity index (χ0v) is 14.6. The fourth-order valence-corrected chi connectivity index (χ4v) is 3.38. The van der Waals surface area contributed by atoms with Gasteiger partial charge in [-0.2, -0.15) is 5.26 Å². The molecule has 0 aliphatic carbocycles. The number of anilines is 1. The second-order valence-corrected chi connectivity index (χ2v) is 6.61. The largest absolute Gasteiger partial charge is 0.321 e. The Morgan fingerprint density at radius 3 is 2.64 bits per heavy atom. The summed E-state index contributed by atoms with van der Waals surface area (Å²) in [5, 5.41) is 12.5. The molecular weight excluding hydrogens is 361 g/mol. The third kappa shape index (κ3) is 3.68. The third-order valence-electron chi connectivity index (χ3n) is 3.44. The van der Waals surface area contributed by atoms with Gasteiger partial charge >= 0.3 is 0 Å². The topological polar surface area (TPSA) is 65.8 Å². The summed E-state index contributed by atoms with van der Waals surface area (Å²) in [7, 11) is 0. The maximum atomic E-state index is 13.0. The lowest BCUT2D eigenvalue weighted by atomic mass is 10.2. The van der Waals surface area contributed by atoms with Crippen LogP contribution in [0.1, 0.15) is 20.9 Å². The lowest BCUT2D eigenvalue weighted by Gasteiger charge is -2.05. The number of amides is 1. The van der Waals surface area contributed by atoms with Crippen LogP contribution in [0.3, 0.4) is 0 Å². The van der Waals surface area contributed by atoms with Crippen LogP contribution in [0.5, 0.6) is 0 Å². The van der Waals surface area contributed by atoms with Crippen molar-refractivity contribution in [3.8, 4) is 16.6 Å². The van der Waals surface area contributed by atoms with Crippen LogP contribution in [0.25, 0.3) is 10.6 Å². The molecule has 1 amide bonds. The van der Waals surface area contributed by atoms with Gasteiger partial charge in [-0.05, 0) is 49.4 Å². The quantitative estimate of drug-likeness (QED) is 0.701. The molecule has 0 saturated heterocycles. The van der Waals surface area contributed by atoms with E-state index in [4.69, 9.17) is 16.9 Å². The molecule has 124 valence electrons. The second-order valence-electron chi connectivity index (χ2n) is 5.20. The van der Waals surface area contributed by atoms with Crippen LogP contribution >= 0.6 is 22.9 Å². The Hall–Kier alpha value is -2.75. The molecule has 0 spiro atoms. The number of halogens is 2. The number of nitrogens with one attached hydrogen (secondary N) is 1. The maximum Gasteiger partial charge on any atom is 0.267 e. The summed E-state index contributed by atoms with van der Waals surface area (Å²) in [5.74, 6) is -0.642. The van der Waals surface area contributed by atoms with Gasteiger partial charge in [0.1, 0.15) is 21.8 Å². The Morgan fingerprint density at radius 2 is 2.00 bits per heavy atom. The third-order valence-corrected chi connectivity index (χ3v) is 4.96. The number of benzene rings is 2. The number of carbonyl (C=O) groups is 1. The number of carbonyl (C=O) groups excluding carboxylic acids is 1. The maximum absolute atomic E-state index is 13.0. The van der Waals surface area contributed by atoms with Gasteiger partial charge in [0.05, 0.1) is 16.3 Å². The van der Waals surface area contributed by atoms with Gasteiger partial charge < -0.3 is 5.32 Å². The first-order chi connectivity index (χ1) is 12.0. The predicted octanol–water partition coefficient (Wildman–Crippen LogP) is 5.04. The first-order valence-corrected chi connectivity index (χ1v) is 8.42. The monoisotopic (exact) mass is 371 g/mol. The molecule has 7 heteroatoms. The molecule has 0 bridgehead atoms. The minimum absolute atomic E-state index is 0.272. The number of aromatic nitrogens is 1.